The van der Waals surface area contributed by atoms with Crippen molar-refractivity contribution in [3.8, 4) is 0 Å². The van der Waals surface area contributed by atoms with Crippen molar-refractivity contribution in [3.63, 3.8) is 0 Å². The Bertz CT molecular complexity index is 640. The van der Waals surface area contributed by atoms with E-state index in [-0.39, 0.29) is 0 Å². The van der Waals surface area contributed by atoms with Crippen molar-refractivity contribution in [2.24, 2.45) is 5.92 Å². The van der Waals surface area contributed by atoms with Gasteiger partial charge in [-0.2, -0.15) is 5.10 Å². The van der Waals surface area contributed by atoms with Crippen molar-refractivity contribution >= 4 is 5.97 Å². The van der Waals surface area contributed by atoms with Gasteiger partial charge in [-0.15, -0.1) is 0 Å². The lowest BCUT2D eigenvalue weighted by atomic mass is 10.0. The number of carbonyl (C=O) groups is 1. The minimum atomic E-state index is -0.890. The molecule has 0 amide bonds. The molecule has 0 spiro atoms. The van der Waals surface area contributed by atoms with E-state index >= 15 is 0 Å². The zero-order valence-corrected chi connectivity index (χ0v) is 13.1. The number of aromatic nitrogens is 2. The summed E-state index contributed by atoms with van der Waals surface area (Å²) in [5.74, 6) is -0.329. The zero-order chi connectivity index (χ0) is 15.6. The Labute approximate surface area is 125 Å². The quantitative estimate of drug-likeness (QED) is 0.916. The van der Waals surface area contributed by atoms with Gasteiger partial charge in [-0.05, 0) is 37.5 Å². The molecule has 1 aromatic heterocycles. The minimum absolute atomic E-state index is 0.322. The minimum Gasteiger partial charge on any atom is -0.478 e. The molecule has 4 heteroatoms. The maximum atomic E-state index is 10.9. The van der Waals surface area contributed by atoms with E-state index in [0.717, 1.165) is 24.2 Å². The third kappa shape index (κ3) is 3.51. The molecule has 2 aromatic rings. The van der Waals surface area contributed by atoms with Gasteiger partial charge in [0.15, 0.2) is 0 Å². The molecule has 0 saturated carbocycles. The molecule has 0 saturated heterocycles. The largest absolute Gasteiger partial charge is 0.478 e. The molecule has 0 aliphatic rings. The number of rotatable bonds is 5. The highest BCUT2D eigenvalue weighted by Crippen LogP contribution is 2.19. The summed E-state index contributed by atoms with van der Waals surface area (Å²) in [4.78, 5) is 10.9. The highest BCUT2D eigenvalue weighted by atomic mass is 16.4. The summed E-state index contributed by atoms with van der Waals surface area (Å²) in [6.07, 6.45) is 0.787. The molecule has 0 fully saturated rings. The van der Waals surface area contributed by atoms with Gasteiger partial charge in [0.1, 0.15) is 0 Å². The van der Waals surface area contributed by atoms with Crippen LogP contribution in [-0.2, 0) is 13.0 Å². The number of aromatic carboxylic acids is 1. The highest BCUT2D eigenvalue weighted by Gasteiger charge is 2.13. The highest BCUT2D eigenvalue weighted by molar-refractivity contribution is 5.87. The topological polar surface area (TPSA) is 55.1 Å². The van der Waals surface area contributed by atoms with Crippen molar-refractivity contribution in [1.29, 1.82) is 0 Å². The molecule has 112 valence electrons. The SMILES string of the molecule is Cc1nn(CC(C)C)c(C)c1Cc1ccc(C(=O)O)cc1. The van der Waals surface area contributed by atoms with Crippen LogP contribution in [0.3, 0.4) is 0 Å². The predicted octanol–water partition coefficient (Wildman–Crippen LogP) is 3.44. The van der Waals surface area contributed by atoms with Gasteiger partial charge in [-0.3, -0.25) is 4.68 Å². The Morgan fingerprint density at radius 2 is 1.86 bits per heavy atom. The van der Waals surface area contributed by atoms with Gasteiger partial charge < -0.3 is 5.11 Å². The van der Waals surface area contributed by atoms with Crippen LogP contribution in [0.25, 0.3) is 0 Å². The van der Waals surface area contributed by atoms with Crippen LogP contribution in [0, 0.1) is 19.8 Å². The van der Waals surface area contributed by atoms with E-state index in [1.54, 1.807) is 12.1 Å². The lowest BCUT2D eigenvalue weighted by Crippen LogP contribution is -2.08. The second kappa shape index (κ2) is 6.12. The number of carboxylic acid groups (broad SMARTS) is 1. The Balaban J connectivity index is 2.23. The van der Waals surface area contributed by atoms with E-state index in [1.165, 1.54) is 11.3 Å². The summed E-state index contributed by atoms with van der Waals surface area (Å²) >= 11 is 0. The Hall–Kier alpha value is -2.10. The van der Waals surface area contributed by atoms with Crippen LogP contribution in [0.4, 0.5) is 0 Å². The van der Waals surface area contributed by atoms with Crippen molar-refractivity contribution in [1.82, 2.24) is 9.78 Å². The molecule has 1 heterocycles. The number of hydrogen-bond donors (Lipinski definition) is 1. The van der Waals surface area contributed by atoms with E-state index in [1.807, 2.05) is 19.1 Å². The Kier molecular flexibility index (Phi) is 4.46. The first-order chi connectivity index (χ1) is 9.88. The normalized spacial score (nSPS) is 11.1. The average molecular weight is 286 g/mol. The van der Waals surface area contributed by atoms with Crippen LogP contribution in [-0.4, -0.2) is 20.9 Å². The second-order valence-electron chi connectivity index (χ2n) is 5.90. The number of benzene rings is 1. The van der Waals surface area contributed by atoms with Gasteiger partial charge >= 0.3 is 5.97 Å². The lowest BCUT2D eigenvalue weighted by molar-refractivity contribution is 0.0697. The fourth-order valence-electron chi connectivity index (χ4n) is 2.48. The fourth-order valence-corrected chi connectivity index (χ4v) is 2.48. The van der Waals surface area contributed by atoms with Crippen molar-refractivity contribution in [2.75, 3.05) is 0 Å². The van der Waals surface area contributed by atoms with Crippen LogP contribution in [0.15, 0.2) is 24.3 Å². The number of hydrogen-bond acceptors (Lipinski definition) is 2. The molecule has 2 rings (SSSR count). The first-order valence-electron chi connectivity index (χ1n) is 7.23. The third-order valence-electron chi connectivity index (χ3n) is 3.65. The van der Waals surface area contributed by atoms with E-state index in [4.69, 9.17) is 5.11 Å². The van der Waals surface area contributed by atoms with Crippen LogP contribution >= 0.6 is 0 Å². The molecule has 4 nitrogen and oxygen atoms in total. The van der Waals surface area contributed by atoms with E-state index in [2.05, 4.69) is 30.6 Å². The summed E-state index contributed by atoms with van der Waals surface area (Å²) in [7, 11) is 0. The fraction of sp³-hybridized carbons (Fsp3) is 0.412. The first-order valence-corrected chi connectivity index (χ1v) is 7.23. The Morgan fingerprint density at radius 1 is 1.24 bits per heavy atom. The summed E-state index contributed by atoms with van der Waals surface area (Å²) in [6, 6.07) is 7.06. The summed E-state index contributed by atoms with van der Waals surface area (Å²) in [6.45, 7) is 9.42. The van der Waals surface area contributed by atoms with Crippen molar-refractivity contribution in [3.05, 3.63) is 52.3 Å². The number of aryl methyl sites for hydroxylation is 1. The number of nitrogens with zero attached hydrogens (tertiary/aromatic N) is 2. The molecule has 1 aromatic carbocycles. The third-order valence-corrected chi connectivity index (χ3v) is 3.65. The maximum absolute atomic E-state index is 10.9. The lowest BCUT2D eigenvalue weighted by Gasteiger charge is -2.08. The smallest absolute Gasteiger partial charge is 0.335 e. The standard InChI is InChI=1S/C17H22N2O2/c1-11(2)10-19-13(4)16(12(3)18-19)9-14-5-7-15(8-6-14)17(20)21/h5-8,11H,9-10H2,1-4H3,(H,20,21). The summed E-state index contributed by atoms with van der Waals surface area (Å²) in [5.41, 5.74) is 4.91. The predicted molar refractivity (Wildman–Crippen MR) is 82.7 cm³/mol. The van der Waals surface area contributed by atoms with E-state index in [9.17, 15) is 4.79 Å². The van der Waals surface area contributed by atoms with Gasteiger partial charge in [-0.1, -0.05) is 26.0 Å². The molecular formula is C17H22N2O2. The Morgan fingerprint density at radius 3 is 2.38 bits per heavy atom. The molecule has 0 bridgehead atoms. The second-order valence-corrected chi connectivity index (χ2v) is 5.90. The first kappa shape index (κ1) is 15.3. The maximum Gasteiger partial charge on any atom is 0.335 e. The molecule has 21 heavy (non-hydrogen) atoms. The molecule has 0 radical (unpaired) electrons. The molecule has 0 unspecified atom stereocenters. The summed E-state index contributed by atoms with van der Waals surface area (Å²) < 4.78 is 2.07. The van der Waals surface area contributed by atoms with E-state index < -0.39 is 5.97 Å². The monoisotopic (exact) mass is 286 g/mol. The van der Waals surface area contributed by atoms with Gasteiger partial charge in [0.25, 0.3) is 0 Å². The van der Waals surface area contributed by atoms with Gasteiger partial charge in [0.05, 0.1) is 11.3 Å². The van der Waals surface area contributed by atoms with E-state index in [0.29, 0.717) is 11.5 Å². The summed E-state index contributed by atoms with van der Waals surface area (Å²) in [5, 5.41) is 13.5. The van der Waals surface area contributed by atoms with Crippen LogP contribution in [0.1, 0.15) is 46.7 Å². The van der Waals surface area contributed by atoms with Gasteiger partial charge in [0, 0.05) is 24.2 Å². The molecule has 1 N–H and O–H groups in total. The molecule has 0 atom stereocenters. The molecule has 0 aliphatic carbocycles. The van der Waals surface area contributed by atoms with Crippen LogP contribution in [0.2, 0.25) is 0 Å². The van der Waals surface area contributed by atoms with Crippen molar-refractivity contribution in [2.45, 2.75) is 40.7 Å². The van der Waals surface area contributed by atoms with Crippen LogP contribution < -0.4 is 0 Å². The van der Waals surface area contributed by atoms with Gasteiger partial charge in [0.2, 0.25) is 0 Å². The molecule has 0 aliphatic heterocycles. The van der Waals surface area contributed by atoms with Crippen LogP contribution in [0.5, 0.6) is 0 Å². The van der Waals surface area contributed by atoms with Gasteiger partial charge in [-0.25, -0.2) is 4.79 Å². The zero-order valence-electron chi connectivity index (χ0n) is 13.1. The number of carboxylic acids is 1. The molecular weight excluding hydrogens is 264 g/mol. The van der Waals surface area contributed by atoms with Crippen molar-refractivity contribution < 1.29 is 9.90 Å². The average Bonchev–Trinajstić information content (AvgIpc) is 2.66.